The van der Waals surface area contributed by atoms with Gasteiger partial charge in [0, 0.05) is 28.7 Å². The zero-order chi connectivity index (χ0) is 21.3. The highest BCUT2D eigenvalue weighted by atomic mass is 16.1. The lowest BCUT2D eigenvalue weighted by Gasteiger charge is -2.37. The first-order valence-corrected chi connectivity index (χ1v) is 10.8. The van der Waals surface area contributed by atoms with Gasteiger partial charge in [0.1, 0.15) is 0 Å². The van der Waals surface area contributed by atoms with E-state index in [1.807, 2.05) is 33.8 Å². The van der Waals surface area contributed by atoms with Crippen LogP contribution in [0.3, 0.4) is 0 Å². The Kier molecular flexibility index (Phi) is 6.39. The second kappa shape index (κ2) is 8.64. The second-order valence-electron chi connectivity index (χ2n) is 9.19. The second-order valence-corrected chi connectivity index (χ2v) is 9.19. The Labute approximate surface area is 174 Å². The van der Waals surface area contributed by atoms with Gasteiger partial charge in [-0.3, -0.25) is 4.79 Å². The fourth-order valence-corrected chi connectivity index (χ4v) is 4.71. The molecule has 0 aromatic carbocycles. The third-order valence-corrected chi connectivity index (χ3v) is 6.31. The number of carbonyl (C=O) groups is 1. The summed E-state index contributed by atoms with van der Waals surface area (Å²) in [6, 6.07) is 2.21. The molecule has 2 heterocycles. The van der Waals surface area contributed by atoms with Crippen LogP contribution in [0.25, 0.3) is 5.95 Å². The van der Waals surface area contributed by atoms with Crippen LogP contribution in [0.5, 0.6) is 0 Å². The van der Waals surface area contributed by atoms with Crippen LogP contribution in [0.4, 0.5) is 0 Å². The van der Waals surface area contributed by atoms with E-state index in [-0.39, 0.29) is 11.9 Å². The number of hydrogen-bond acceptors (Lipinski definition) is 4. The molecule has 3 rings (SSSR count). The van der Waals surface area contributed by atoms with Crippen molar-refractivity contribution in [3.63, 3.8) is 0 Å². The van der Waals surface area contributed by atoms with Crippen molar-refractivity contribution in [3.8, 4) is 5.95 Å². The first-order valence-electron chi connectivity index (χ1n) is 10.8. The summed E-state index contributed by atoms with van der Waals surface area (Å²) in [6.07, 6.45) is 3.88. The summed E-state index contributed by atoms with van der Waals surface area (Å²) in [4.78, 5) is 22.0. The molecule has 1 fully saturated rings. The van der Waals surface area contributed by atoms with Gasteiger partial charge in [0.25, 0.3) is 5.95 Å². The summed E-state index contributed by atoms with van der Waals surface area (Å²) in [5, 5.41) is 7.97. The molecule has 0 spiro atoms. The Morgan fingerprint density at radius 3 is 2.45 bits per heavy atom. The van der Waals surface area contributed by atoms with E-state index in [2.05, 4.69) is 41.2 Å². The van der Waals surface area contributed by atoms with Gasteiger partial charge in [-0.25, -0.2) is 14.6 Å². The maximum absolute atomic E-state index is 12.9. The summed E-state index contributed by atoms with van der Waals surface area (Å²) in [6.45, 7) is 14.7. The number of hydrogen-bond donors (Lipinski definition) is 1. The molecule has 2 aromatic heterocycles. The zero-order valence-electron chi connectivity index (χ0n) is 18.9. The van der Waals surface area contributed by atoms with Gasteiger partial charge in [-0.1, -0.05) is 27.2 Å². The molecular weight excluding hydrogens is 362 g/mol. The van der Waals surface area contributed by atoms with Crippen LogP contribution < -0.4 is 5.32 Å². The molecule has 1 amide bonds. The Morgan fingerprint density at radius 1 is 1.17 bits per heavy atom. The average Bonchev–Trinajstić information content (AvgIpc) is 2.89. The third-order valence-electron chi connectivity index (χ3n) is 6.31. The fourth-order valence-electron chi connectivity index (χ4n) is 4.71. The SMILES string of the molecule is Cc1cc(C)nc(-n2nc(C)c(CC(=O)NC3CC(C)CCC3C(C)C)c2C)n1. The quantitative estimate of drug-likeness (QED) is 0.827. The predicted molar refractivity (Wildman–Crippen MR) is 115 cm³/mol. The fraction of sp³-hybridized carbons (Fsp3) is 0.652. The van der Waals surface area contributed by atoms with Crippen LogP contribution in [0.1, 0.15) is 68.4 Å². The topological polar surface area (TPSA) is 72.7 Å². The van der Waals surface area contributed by atoms with Crippen molar-refractivity contribution in [1.29, 1.82) is 0 Å². The van der Waals surface area contributed by atoms with Crippen LogP contribution in [0.2, 0.25) is 0 Å². The third kappa shape index (κ3) is 4.85. The van der Waals surface area contributed by atoms with Crippen molar-refractivity contribution in [2.24, 2.45) is 17.8 Å². The smallest absolute Gasteiger partial charge is 0.251 e. The minimum absolute atomic E-state index is 0.0850. The van der Waals surface area contributed by atoms with Gasteiger partial charge in [-0.2, -0.15) is 5.10 Å². The maximum atomic E-state index is 12.9. The lowest BCUT2D eigenvalue weighted by molar-refractivity contribution is -0.122. The Morgan fingerprint density at radius 2 is 1.83 bits per heavy atom. The van der Waals surface area contributed by atoms with Crippen LogP contribution in [-0.4, -0.2) is 31.7 Å². The zero-order valence-corrected chi connectivity index (χ0v) is 18.9. The minimum Gasteiger partial charge on any atom is -0.353 e. The molecule has 1 saturated carbocycles. The highest BCUT2D eigenvalue weighted by Gasteiger charge is 2.32. The molecule has 3 atom stereocenters. The largest absolute Gasteiger partial charge is 0.353 e. The molecule has 3 unspecified atom stereocenters. The van der Waals surface area contributed by atoms with E-state index in [1.165, 1.54) is 12.8 Å². The molecule has 0 bridgehead atoms. The van der Waals surface area contributed by atoms with Crippen molar-refractivity contribution >= 4 is 5.91 Å². The highest BCUT2D eigenvalue weighted by Crippen LogP contribution is 2.33. The molecule has 0 aliphatic heterocycles. The van der Waals surface area contributed by atoms with Crippen molar-refractivity contribution in [1.82, 2.24) is 25.1 Å². The molecule has 158 valence electrons. The van der Waals surface area contributed by atoms with Gasteiger partial charge < -0.3 is 5.32 Å². The number of amides is 1. The minimum atomic E-state index is 0.0850. The van der Waals surface area contributed by atoms with E-state index in [1.54, 1.807) is 4.68 Å². The summed E-state index contributed by atoms with van der Waals surface area (Å²) in [5.41, 5.74) is 4.57. The summed E-state index contributed by atoms with van der Waals surface area (Å²) < 4.78 is 1.76. The Balaban J connectivity index is 1.78. The summed E-state index contributed by atoms with van der Waals surface area (Å²) in [7, 11) is 0. The van der Waals surface area contributed by atoms with Gasteiger partial charge in [0.15, 0.2) is 0 Å². The van der Waals surface area contributed by atoms with Crippen LogP contribution in [0.15, 0.2) is 6.07 Å². The standard InChI is InChI=1S/C23H35N5O/c1-13(2)19-9-8-14(3)10-21(19)26-22(29)12-20-17(6)27-28(18(20)7)23-24-15(4)11-16(5)25-23/h11,13-14,19,21H,8-10,12H2,1-7H3,(H,26,29). The van der Waals surface area contributed by atoms with Gasteiger partial charge >= 0.3 is 0 Å². The number of nitrogens with one attached hydrogen (secondary N) is 1. The van der Waals surface area contributed by atoms with Gasteiger partial charge in [-0.15, -0.1) is 0 Å². The summed E-state index contributed by atoms with van der Waals surface area (Å²) >= 11 is 0. The molecule has 29 heavy (non-hydrogen) atoms. The predicted octanol–water partition coefficient (Wildman–Crippen LogP) is 4.02. The first-order chi connectivity index (χ1) is 13.7. The normalized spacial score (nSPS) is 22.1. The molecule has 6 nitrogen and oxygen atoms in total. The van der Waals surface area contributed by atoms with Gasteiger partial charge in [0.2, 0.25) is 5.91 Å². The van der Waals surface area contributed by atoms with E-state index in [0.29, 0.717) is 30.1 Å². The number of aromatic nitrogens is 4. The highest BCUT2D eigenvalue weighted by molar-refractivity contribution is 5.79. The molecule has 6 heteroatoms. The van der Waals surface area contributed by atoms with E-state index in [0.717, 1.165) is 34.8 Å². The van der Waals surface area contributed by atoms with Crippen molar-refractivity contribution in [2.45, 2.75) is 80.2 Å². The van der Waals surface area contributed by atoms with Crippen LogP contribution in [-0.2, 0) is 11.2 Å². The van der Waals surface area contributed by atoms with Crippen molar-refractivity contribution in [2.75, 3.05) is 0 Å². The Hall–Kier alpha value is -2.24. The van der Waals surface area contributed by atoms with E-state index in [4.69, 9.17) is 0 Å². The molecule has 1 aliphatic carbocycles. The molecule has 0 radical (unpaired) electrons. The number of aryl methyl sites for hydroxylation is 3. The monoisotopic (exact) mass is 397 g/mol. The Bertz CT molecular complexity index is 865. The van der Waals surface area contributed by atoms with E-state index < -0.39 is 0 Å². The number of rotatable bonds is 5. The lowest BCUT2D eigenvalue weighted by Crippen LogP contribution is -2.46. The molecular formula is C23H35N5O. The first kappa shape index (κ1) is 21.5. The van der Waals surface area contributed by atoms with Crippen LogP contribution >= 0.6 is 0 Å². The average molecular weight is 398 g/mol. The lowest BCUT2D eigenvalue weighted by atomic mass is 9.74. The van der Waals surface area contributed by atoms with Gasteiger partial charge in [-0.05, 0) is 64.4 Å². The van der Waals surface area contributed by atoms with Crippen molar-refractivity contribution in [3.05, 3.63) is 34.4 Å². The summed E-state index contributed by atoms with van der Waals surface area (Å²) in [5.74, 6) is 2.46. The maximum Gasteiger partial charge on any atom is 0.251 e. The van der Waals surface area contributed by atoms with E-state index in [9.17, 15) is 4.79 Å². The molecule has 0 saturated heterocycles. The van der Waals surface area contributed by atoms with Crippen molar-refractivity contribution < 1.29 is 4.79 Å². The number of carbonyl (C=O) groups excluding carboxylic acids is 1. The number of nitrogens with zero attached hydrogens (tertiary/aromatic N) is 4. The molecule has 1 N–H and O–H groups in total. The molecule has 2 aromatic rings. The van der Waals surface area contributed by atoms with Gasteiger partial charge in [0.05, 0.1) is 12.1 Å². The van der Waals surface area contributed by atoms with Crippen LogP contribution in [0, 0.1) is 45.4 Å². The van der Waals surface area contributed by atoms with E-state index >= 15 is 0 Å². The molecule has 1 aliphatic rings.